The van der Waals surface area contributed by atoms with Crippen LogP contribution in [0.25, 0.3) is 0 Å². The summed E-state index contributed by atoms with van der Waals surface area (Å²) in [7, 11) is -3.49. The summed E-state index contributed by atoms with van der Waals surface area (Å²) in [5, 5.41) is 14.4. The molecule has 0 unspecified atom stereocenters. The Hall–Kier alpha value is -0.730. The second kappa shape index (κ2) is 5.50. The summed E-state index contributed by atoms with van der Waals surface area (Å²) in [4.78, 5) is 0.853. The second-order valence-electron chi connectivity index (χ2n) is 3.81. The quantitative estimate of drug-likeness (QED) is 0.889. The molecule has 2 aromatic heterocycles. The molecule has 0 aliphatic rings. The van der Waals surface area contributed by atoms with Crippen LogP contribution in [0.5, 0.6) is 0 Å². The number of thiophene rings is 2. The minimum absolute atomic E-state index is 0.135. The third kappa shape index (κ3) is 2.99. The lowest BCUT2D eigenvalue weighted by Crippen LogP contribution is -2.22. The van der Waals surface area contributed by atoms with Gasteiger partial charge >= 0.3 is 0 Å². The number of sulfonamides is 1. The summed E-state index contributed by atoms with van der Waals surface area (Å²) >= 11 is 2.79. The maximum Gasteiger partial charge on any atom is 0.241 e. The van der Waals surface area contributed by atoms with Crippen molar-refractivity contribution >= 4 is 32.7 Å². The third-order valence-corrected chi connectivity index (χ3v) is 5.87. The Bertz CT molecular complexity index is 628. The van der Waals surface area contributed by atoms with Crippen molar-refractivity contribution in [3.63, 3.8) is 0 Å². The molecule has 0 aromatic carbocycles. The van der Waals surface area contributed by atoms with Gasteiger partial charge in [0.2, 0.25) is 10.0 Å². The minimum atomic E-state index is -3.49. The monoisotopic (exact) mass is 303 g/mol. The van der Waals surface area contributed by atoms with E-state index in [4.69, 9.17) is 5.11 Å². The molecule has 0 saturated carbocycles. The average molecular weight is 303 g/mol. The molecule has 0 aliphatic heterocycles. The van der Waals surface area contributed by atoms with Crippen LogP contribution in [-0.2, 0) is 23.2 Å². The lowest BCUT2D eigenvalue weighted by atomic mass is 10.2. The van der Waals surface area contributed by atoms with Crippen molar-refractivity contribution in [2.24, 2.45) is 0 Å². The molecule has 0 radical (unpaired) electrons. The van der Waals surface area contributed by atoms with Gasteiger partial charge in [0.25, 0.3) is 0 Å². The zero-order chi connectivity index (χ0) is 13.2. The first-order chi connectivity index (χ1) is 8.53. The second-order valence-corrected chi connectivity index (χ2v) is 7.32. The van der Waals surface area contributed by atoms with Crippen LogP contribution in [-0.4, -0.2) is 13.5 Å². The minimum Gasteiger partial charge on any atom is -0.391 e. The van der Waals surface area contributed by atoms with Crippen LogP contribution in [0.15, 0.2) is 27.1 Å². The zero-order valence-corrected chi connectivity index (χ0v) is 12.2. The van der Waals surface area contributed by atoms with E-state index in [0.29, 0.717) is 11.4 Å². The van der Waals surface area contributed by atoms with Crippen molar-refractivity contribution in [1.29, 1.82) is 0 Å². The fourth-order valence-corrected chi connectivity index (χ4v) is 4.41. The van der Waals surface area contributed by atoms with E-state index < -0.39 is 10.0 Å². The highest BCUT2D eigenvalue weighted by Crippen LogP contribution is 2.20. The Kier molecular flexibility index (Phi) is 4.18. The van der Waals surface area contributed by atoms with E-state index in [1.165, 1.54) is 22.8 Å². The van der Waals surface area contributed by atoms with E-state index in [-0.39, 0.29) is 11.5 Å². The van der Waals surface area contributed by atoms with Gasteiger partial charge < -0.3 is 5.11 Å². The largest absolute Gasteiger partial charge is 0.391 e. The highest BCUT2D eigenvalue weighted by molar-refractivity contribution is 7.89. The van der Waals surface area contributed by atoms with Crippen LogP contribution in [0, 0.1) is 6.92 Å². The van der Waals surface area contributed by atoms with Gasteiger partial charge in [-0.2, -0.15) is 11.3 Å². The van der Waals surface area contributed by atoms with E-state index in [0.717, 1.165) is 11.1 Å². The number of rotatable bonds is 5. The van der Waals surface area contributed by atoms with E-state index >= 15 is 0 Å². The molecule has 2 N–H and O–H groups in total. The number of aliphatic hydroxyl groups excluding tert-OH is 1. The smallest absolute Gasteiger partial charge is 0.241 e. The number of hydrogen-bond donors (Lipinski definition) is 2. The van der Waals surface area contributed by atoms with Gasteiger partial charge in [-0.3, -0.25) is 0 Å². The summed E-state index contributed by atoms with van der Waals surface area (Å²) in [5.41, 5.74) is 2.07. The molecule has 4 nitrogen and oxygen atoms in total. The molecule has 2 rings (SSSR count). The van der Waals surface area contributed by atoms with Crippen molar-refractivity contribution in [3.8, 4) is 0 Å². The van der Waals surface area contributed by atoms with Crippen molar-refractivity contribution in [2.45, 2.75) is 25.0 Å². The summed E-state index contributed by atoms with van der Waals surface area (Å²) < 4.78 is 26.5. The topological polar surface area (TPSA) is 66.4 Å². The standard InChI is InChI=1S/C11H13NO3S3/c1-8-5-16-6-9(8)3-12-18(14,15)11-2-10(4-13)17-7-11/h2,5-7,12-13H,3-4H2,1H3. The predicted molar refractivity (Wildman–Crippen MR) is 73.3 cm³/mol. The normalized spacial score (nSPS) is 11.9. The highest BCUT2D eigenvalue weighted by Gasteiger charge is 2.16. The fourth-order valence-electron chi connectivity index (χ4n) is 1.41. The molecular formula is C11H13NO3S3. The first-order valence-electron chi connectivity index (χ1n) is 5.22. The van der Waals surface area contributed by atoms with Crippen LogP contribution in [0.1, 0.15) is 16.0 Å². The summed E-state index contributed by atoms with van der Waals surface area (Å²) in [6.45, 7) is 2.11. The maximum atomic E-state index is 12.0. The molecule has 2 aromatic rings. The lowest BCUT2D eigenvalue weighted by molar-refractivity contribution is 0.285. The maximum absolute atomic E-state index is 12.0. The number of aryl methyl sites for hydroxylation is 1. The van der Waals surface area contributed by atoms with Crippen LogP contribution in [0.2, 0.25) is 0 Å². The molecule has 2 heterocycles. The fraction of sp³-hybridized carbons (Fsp3) is 0.273. The highest BCUT2D eigenvalue weighted by atomic mass is 32.2. The number of hydrogen-bond acceptors (Lipinski definition) is 5. The Morgan fingerprint density at radius 3 is 2.67 bits per heavy atom. The summed E-state index contributed by atoms with van der Waals surface area (Å²) in [5.74, 6) is 0. The van der Waals surface area contributed by atoms with Gasteiger partial charge in [0, 0.05) is 16.8 Å². The first kappa shape index (κ1) is 13.7. The van der Waals surface area contributed by atoms with Crippen molar-refractivity contribution in [1.82, 2.24) is 4.72 Å². The van der Waals surface area contributed by atoms with Gasteiger partial charge in [-0.25, -0.2) is 13.1 Å². The molecule has 7 heteroatoms. The lowest BCUT2D eigenvalue weighted by Gasteiger charge is -2.04. The Balaban J connectivity index is 2.10. The molecule has 18 heavy (non-hydrogen) atoms. The van der Waals surface area contributed by atoms with Gasteiger partial charge in [0.05, 0.1) is 11.5 Å². The van der Waals surface area contributed by atoms with Gasteiger partial charge in [-0.05, 0) is 34.9 Å². The predicted octanol–water partition coefficient (Wildman–Crippen LogP) is 2.09. The first-order valence-corrected chi connectivity index (χ1v) is 8.53. The molecular weight excluding hydrogens is 290 g/mol. The Labute approximate surface area is 114 Å². The van der Waals surface area contributed by atoms with Crippen LogP contribution >= 0.6 is 22.7 Å². The average Bonchev–Trinajstić information content (AvgIpc) is 2.95. The van der Waals surface area contributed by atoms with Gasteiger partial charge in [0.15, 0.2) is 0 Å². The molecule has 0 bridgehead atoms. The van der Waals surface area contributed by atoms with Crippen LogP contribution in [0.4, 0.5) is 0 Å². The van der Waals surface area contributed by atoms with Crippen LogP contribution < -0.4 is 4.72 Å². The Morgan fingerprint density at radius 2 is 2.11 bits per heavy atom. The Morgan fingerprint density at radius 1 is 1.33 bits per heavy atom. The van der Waals surface area contributed by atoms with Crippen LogP contribution in [0.3, 0.4) is 0 Å². The van der Waals surface area contributed by atoms with E-state index in [2.05, 4.69) is 4.72 Å². The molecule has 0 saturated heterocycles. The molecule has 0 aliphatic carbocycles. The van der Waals surface area contributed by atoms with Gasteiger partial charge in [-0.15, -0.1) is 11.3 Å². The number of aliphatic hydroxyl groups is 1. The van der Waals surface area contributed by atoms with Crippen molar-refractivity contribution < 1.29 is 13.5 Å². The van der Waals surface area contributed by atoms with E-state index in [1.807, 2.05) is 17.7 Å². The van der Waals surface area contributed by atoms with Crippen molar-refractivity contribution in [3.05, 3.63) is 38.2 Å². The zero-order valence-electron chi connectivity index (χ0n) is 9.71. The third-order valence-electron chi connectivity index (χ3n) is 2.51. The molecule has 98 valence electrons. The SMILES string of the molecule is Cc1cscc1CNS(=O)(=O)c1csc(CO)c1. The molecule has 0 amide bonds. The van der Waals surface area contributed by atoms with Crippen molar-refractivity contribution in [2.75, 3.05) is 0 Å². The van der Waals surface area contributed by atoms with E-state index in [1.54, 1.807) is 11.3 Å². The molecule has 0 spiro atoms. The van der Waals surface area contributed by atoms with E-state index in [9.17, 15) is 8.42 Å². The summed E-state index contributed by atoms with van der Waals surface area (Å²) in [6, 6.07) is 1.49. The molecule has 0 fully saturated rings. The van der Waals surface area contributed by atoms with Gasteiger partial charge in [0.1, 0.15) is 0 Å². The van der Waals surface area contributed by atoms with Gasteiger partial charge in [-0.1, -0.05) is 0 Å². The summed E-state index contributed by atoms with van der Waals surface area (Å²) in [6.07, 6.45) is 0. The molecule has 0 atom stereocenters. The number of nitrogens with one attached hydrogen (secondary N) is 1.